The molecule has 0 aliphatic carbocycles. The lowest BCUT2D eigenvalue weighted by Crippen LogP contribution is -2.35. The molecule has 0 aliphatic heterocycles. The third kappa shape index (κ3) is 4.79. The Kier molecular flexibility index (Phi) is 5.53. The molecule has 0 fully saturated rings. The molecule has 0 atom stereocenters. The summed E-state index contributed by atoms with van der Waals surface area (Å²) in [6.07, 6.45) is 1.77. The zero-order chi connectivity index (χ0) is 14.3. The van der Waals surface area contributed by atoms with Gasteiger partial charge in [-0.25, -0.2) is 0 Å². The number of hydrogen-bond acceptors (Lipinski definition) is 3. The van der Waals surface area contributed by atoms with Crippen molar-refractivity contribution in [2.75, 3.05) is 11.9 Å². The van der Waals surface area contributed by atoms with Gasteiger partial charge in [-0.05, 0) is 30.7 Å². The van der Waals surface area contributed by atoms with Gasteiger partial charge in [0.15, 0.2) is 0 Å². The van der Waals surface area contributed by atoms with E-state index in [0.717, 1.165) is 12.8 Å². The number of nitrogens with two attached hydrogens (primary N) is 1. The molecule has 1 aromatic carbocycles. The first-order valence-electron chi connectivity index (χ1n) is 6.03. The summed E-state index contributed by atoms with van der Waals surface area (Å²) >= 11 is 0. The lowest BCUT2D eigenvalue weighted by Gasteiger charge is -2.06. The fraction of sp³-hybridized carbons (Fsp3) is 0.308. The van der Waals surface area contributed by atoms with Crippen LogP contribution in [0.2, 0.25) is 0 Å². The van der Waals surface area contributed by atoms with Crippen molar-refractivity contribution in [3.8, 4) is 0 Å². The SMILES string of the molecule is CCCCNC(=O)C(=O)Nc1ccc(C(N)=O)cc1. The molecule has 0 unspecified atom stereocenters. The molecule has 4 N–H and O–H groups in total. The van der Waals surface area contributed by atoms with Crippen molar-refractivity contribution in [2.24, 2.45) is 5.73 Å². The van der Waals surface area contributed by atoms with Gasteiger partial charge < -0.3 is 16.4 Å². The minimum absolute atomic E-state index is 0.338. The Morgan fingerprint density at radius 1 is 1.11 bits per heavy atom. The molecular weight excluding hydrogens is 246 g/mol. The molecule has 3 amide bonds. The average Bonchev–Trinajstić information content (AvgIpc) is 2.39. The third-order valence-corrected chi connectivity index (χ3v) is 2.45. The quantitative estimate of drug-likeness (QED) is 0.536. The zero-order valence-corrected chi connectivity index (χ0v) is 10.7. The van der Waals surface area contributed by atoms with E-state index in [4.69, 9.17) is 5.73 Å². The maximum Gasteiger partial charge on any atom is 0.313 e. The van der Waals surface area contributed by atoms with Crippen molar-refractivity contribution >= 4 is 23.4 Å². The van der Waals surface area contributed by atoms with Gasteiger partial charge in [0, 0.05) is 17.8 Å². The summed E-state index contributed by atoms with van der Waals surface area (Å²) in [5.74, 6) is -1.95. The summed E-state index contributed by atoms with van der Waals surface area (Å²) in [5.41, 5.74) is 5.86. The largest absolute Gasteiger partial charge is 0.366 e. The summed E-state index contributed by atoms with van der Waals surface area (Å²) in [7, 11) is 0. The summed E-state index contributed by atoms with van der Waals surface area (Å²) in [5, 5.41) is 4.94. The second kappa shape index (κ2) is 7.15. The molecule has 0 saturated heterocycles. The standard InChI is InChI=1S/C13H17N3O3/c1-2-3-8-15-12(18)13(19)16-10-6-4-9(5-7-10)11(14)17/h4-7H,2-3,8H2,1H3,(H2,14,17)(H,15,18)(H,16,19). The maximum absolute atomic E-state index is 11.5. The van der Waals surface area contributed by atoms with Crippen molar-refractivity contribution in [3.63, 3.8) is 0 Å². The van der Waals surface area contributed by atoms with Gasteiger partial charge in [-0.15, -0.1) is 0 Å². The monoisotopic (exact) mass is 263 g/mol. The van der Waals surface area contributed by atoms with Crippen LogP contribution in [0.4, 0.5) is 5.69 Å². The topological polar surface area (TPSA) is 101 Å². The summed E-state index contributed by atoms with van der Waals surface area (Å²) in [6.45, 7) is 2.47. The van der Waals surface area contributed by atoms with Crippen LogP contribution in [0.3, 0.4) is 0 Å². The molecular formula is C13H17N3O3. The number of carbonyl (C=O) groups excluding carboxylic acids is 3. The van der Waals surface area contributed by atoms with Gasteiger partial charge in [0.1, 0.15) is 0 Å². The van der Waals surface area contributed by atoms with E-state index in [1.165, 1.54) is 24.3 Å². The summed E-state index contributed by atoms with van der Waals surface area (Å²) in [4.78, 5) is 33.8. The highest BCUT2D eigenvalue weighted by Gasteiger charge is 2.12. The van der Waals surface area contributed by atoms with Crippen molar-refractivity contribution in [1.29, 1.82) is 0 Å². The Labute approximate surface area is 111 Å². The number of nitrogens with one attached hydrogen (secondary N) is 2. The van der Waals surface area contributed by atoms with Gasteiger partial charge in [-0.1, -0.05) is 13.3 Å². The van der Waals surface area contributed by atoms with Gasteiger partial charge >= 0.3 is 11.8 Å². The van der Waals surface area contributed by atoms with E-state index in [1.807, 2.05) is 6.92 Å². The molecule has 6 heteroatoms. The molecule has 0 aliphatic rings. The number of carbonyl (C=O) groups is 3. The van der Waals surface area contributed by atoms with Crippen molar-refractivity contribution in [1.82, 2.24) is 5.32 Å². The summed E-state index contributed by atoms with van der Waals surface area (Å²) < 4.78 is 0. The number of rotatable bonds is 5. The molecule has 0 saturated carbocycles. The first-order valence-corrected chi connectivity index (χ1v) is 6.03. The summed E-state index contributed by atoms with van der Waals surface area (Å²) in [6, 6.07) is 5.98. The normalized spacial score (nSPS) is 9.74. The Balaban J connectivity index is 2.52. The van der Waals surface area contributed by atoms with Crippen LogP contribution in [0.25, 0.3) is 0 Å². The number of hydrogen-bond donors (Lipinski definition) is 3. The number of anilines is 1. The lowest BCUT2D eigenvalue weighted by atomic mass is 10.2. The minimum atomic E-state index is -0.733. The van der Waals surface area contributed by atoms with Crippen LogP contribution in [-0.2, 0) is 9.59 Å². The molecule has 6 nitrogen and oxygen atoms in total. The Hall–Kier alpha value is -2.37. The van der Waals surface area contributed by atoms with Crippen LogP contribution in [0.1, 0.15) is 30.1 Å². The fourth-order valence-corrected chi connectivity index (χ4v) is 1.36. The Morgan fingerprint density at radius 2 is 1.74 bits per heavy atom. The van der Waals surface area contributed by atoms with Crippen LogP contribution >= 0.6 is 0 Å². The molecule has 1 rings (SSSR count). The third-order valence-electron chi connectivity index (χ3n) is 2.45. The van der Waals surface area contributed by atoms with E-state index < -0.39 is 17.7 Å². The molecule has 0 radical (unpaired) electrons. The Morgan fingerprint density at radius 3 is 2.26 bits per heavy atom. The van der Waals surface area contributed by atoms with Gasteiger partial charge in [-0.2, -0.15) is 0 Å². The highest BCUT2D eigenvalue weighted by molar-refractivity contribution is 6.39. The van der Waals surface area contributed by atoms with Crippen LogP contribution in [0.15, 0.2) is 24.3 Å². The van der Waals surface area contributed by atoms with E-state index in [-0.39, 0.29) is 0 Å². The van der Waals surface area contributed by atoms with E-state index in [9.17, 15) is 14.4 Å². The highest BCUT2D eigenvalue weighted by atomic mass is 16.2. The Bertz CT molecular complexity index is 469. The van der Waals surface area contributed by atoms with Gasteiger partial charge in [0.05, 0.1) is 0 Å². The van der Waals surface area contributed by atoms with Crippen LogP contribution in [0.5, 0.6) is 0 Å². The molecule has 19 heavy (non-hydrogen) atoms. The second-order valence-corrected chi connectivity index (χ2v) is 4.01. The van der Waals surface area contributed by atoms with Crippen molar-refractivity contribution in [3.05, 3.63) is 29.8 Å². The van der Waals surface area contributed by atoms with Gasteiger partial charge in [0.25, 0.3) is 0 Å². The second-order valence-electron chi connectivity index (χ2n) is 4.01. The van der Waals surface area contributed by atoms with Crippen molar-refractivity contribution < 1.29 is 14.4 Å². The van der Waals surface area contributed by atoms with Crippen molar-refractivity contribution in [2.45, 2.75) is 19.8 Å². The molecule has 1 aromatic rings. The maximum atomic E-state index is 11.5. The number of unbranched alkanes of at least 4 members (excludes halogenated alkanes) is 1. The predicted molar refractivity (Wildman–Crippen MR) is 71.5 cm³/mol. The van der Waals surface area contributed by atoms with Crippen LogP contribution in [-0.4, -0.2) is 24.3 Å². The molecule has 0 heterocycles. The first kappa shape index (κ1) is 14.7. The number of benzene rings is 1. The van der Waals surface area contributed by atoms with E-state index in [0.29, 0.717) is 17.8 Å². The minimum Gasteiger partial charge on any atom is -0.366 e. The van der Waals surface area contributed by atoms with Gasteiger partial charge in [0.2, 0.25) is 5.91 Å². The molecule has 102 valence electrons. The molecule has 0 aromatic heterocycles. The highest BCUT2D eigenvalue weighted by Crippen LogP contribution is 2.08. The number of primary amides is 1. The first-order chi connectivity index (χ1) is 9.04. The smallest absolute Gasteiger partial charge is 0.313 e. The van der Waals surface area contributed by atoms with E-state index >= 15 is 0 Å². The van der Waals surface area contributed by atoms with Gasteiger partial charge in [-0.3, -0.25) is 14.4 Å². The van der Waals surface area contributed by atoms with Crippen LogP contribution < -0.4 is 16.4 Å². The van der Waals surface area contributed by atoms with E-state index in [1.54, 1.807) is 0 Å². The molecule has 0 bridgehead atoms. The average molecular weight is 263 g/mol. The zero-order valence-electron chi connectivity index (χ0n) is 10.7. The van der Waals surface area contributed by atoms with Crippen LogP contribution in [0, 0.1) is 0 Å². The molecule has 0 spiro atoms. The predicted octanol–water partition coefficient (Wildman–Crippen LogP) is 0.640. The lowest BCUT2D eigenvalue weighted by molar-refractivity contribution is -0.136. The van der Waals surface area contributed by atoms with E-state index in [2.05, 4.69) is 10.6 Å². The number of amides is 3. The fourth-order valence-electron chi connectivity index (χ4n) is 1.36.